The molecule has 0 aliphatic heterocycles. The first-order valence-electron chi connectivity index (χ1n) is 9.69. The Balaban J connectivity index is 1.89. The van der Waals surface area contributed by atoms with Crippen LogP contribution in [0.5, 0.6) is 0 Å². The molecule has 0 aliphatic carbocycles. The van der Waals surface area contributed by atoms with Crippen molar-refractivity contribution in [2.75, 3.05) is 10.0 Å². The lowest BCUT2D eigenvalue weighted by Gasteiger charge is -2.13. The van der Waals surface area contributed by atoms with Crippen molar-refractivity contribution >= 4 is 33.1 Å². The molecule has 1 amide bonds. The first-order valence-corrected chi connectivity index (χ1v) is 11.2. The molecule has 0 spiro atoms. The molecule has 0 fully saturated rings. The van der Waals surface area contributed by atoms with Crippen LogP contribution in [-0.2, 0) is 10.0 Å². The van der Waals surface area contributed by atoms with Crippen molar-refractivity contribution in [1.82, 2.24) is 0 Å². The molecule has 0 radical (unpaired) electrons. The number of Topliss-reactive ketones (excluding diaryl/α,β-unsaturated/α-hetero) is 1. The van der Waals surface area contributed by atoms with Crippen molar-refractivity contribution in [3.05, 3.63) is 88.5 Å². The number of aryl methyl sites for hydroxylation is 3. The minimum atomic E-state index is -3.90. The summed E-state index contributed by atoms with van der Waals surface area (Å²) in [6.45, 7) is 6.90. The van der Waals surface area contributed by atoms with Crippen molar-refractivity contribution in [1.29, 1.82) is 0 Å². The number of sulfonamides is 1. The molecule has 0 unspecified atom stereocenters. The molecule has 3 aromatic carbocycles. The molecule has 160 valence electrons. The summed E-state index contributed by atoms with van der Waals surface area (Å²) in [6.07, 6.45) is 0. The lowest BCUT2D eigenvalue weighted by Crippen LogP contribution is -2.17. The number of hydrogen-bond acceptors (Lipinski definition) is 4. The molecule has 0 bridgehead atoms. The second-order valence-electron chi connectivity index (χ2n) is 7.55. The monoisotopic (exact) mass is 436 g/mol. The van der Waals surface area contributed by atoms with E-state index in [0.717, 1.165) is 11.1 Å². The molecule has 6 nitrogen and oxygen atoms in total. The fraction of sp³-hybridized carbons (Fsp3) is 0.167. The third-order valence-electron chi connectivity index (χ3n) is 4.74. The summed E-state index contributed by atoms with van der Waals surface area (Å²) in [4.78, 5) is 24.3. The lowest BCUT2D eigenvalue weighted by molar-refractivity contribution is 0.101. The van der Waals surface area contributed by atoms with Gasteiger partial charge in [-0.3, -0.25) is 14.3 Å². The quantitative estimate of drug-likeness (QED) is 0.539. The highest BCUT2D eigenvalue weighted by molar-refractivity contribution is 7.92. The highest BCUT2D eigenvalue weighted by atomic mass is 32.2. The number of carbonyl (C=O) groups excluding carboxylic acids is 2. The maximum absolute atomic E-state index is 13.0. The van der Waals surface area contributed by atoms with Gasteiger partial charge in [0.2, 0.25) is 0 Å². The summed E-state index contributed by atoms with van der Waals surface area (Å²) in [5.74, 6) is -0.583. The number of nitrogens with one attached hydrogen (secondary N) is 2. The summed E-state index contributed by atoms with van der Waals surface area (Å²) >= 11 is 0. The Bertz CT molecular complexity index is 1260. The predicted octanol–water partition coefficient (Wildman–Crippen LogP) is 4.87. The molecule has 0 saturated heterocycles. The molecule has 2 N–H and O–H groups in total. The maximum atomic E-state index is 13.0. The molecule has 3 rings (SSSR count). The number of carbonyl (C=O) groups is 2. The van der Waals surface area contributed by atoms with Gasteiger partial charge in [-0.25, -0.2) is 8.42 Å². The molecule has 0 aromatic heterocycles. The zero-order valence-electron chi connectivity index (χ0n) is 17.8. The summed E-state index contributed by atoms with van der Waals surface area (Å²) in [5.41, 5.74) is 3.99. The minimum Gasteiger partial charge on any atom is -0.322 e. The first-order chi connectivity index (χ1) is 14.5. The molecule has 0 saturated carbocycles. The average Bonchev–Trinajstić information content (AvgIpc) is 2.67. The topological polar surface area (TPSA) is 92.3 Å². The molecule has 3 aromatic rings. The number of ketones is 1. The van der Waals surface area contributed by atoms with Gasteiger partial charge in [-0.05, 0) is 80.8 Å². The summed E-state index contributed by atoms with van der Waals surface area (Å²) in [5, 5.41) is 2.71. The van der Waals surface area contributed by atoms with Crippen LogP contribution in [-0.4, -0.2) is 20.1 Å². The third kappa shape index (κ3) is 5.38. The highest BCUT2D eigenvalue weighted by Crippen LogP contribution is 2.23. The van der Waals surface area contributed by atoms with Crippen molar-refractivity contribution in [3.63, 3.8) is 0 Å². The van der Waals surface area contributed by atoms with E-state index in [9.17, 15) is 18.0 Å². The van der Waals surface area contributed by atoms with Crippen LogP contribution in [0.3, 0.4) is 0 Å². The van der Waals surface area contributed by atoms with Gasteiger partial charge in [-0.15, -0.1) is 0 Å². The molecule has 0 atom stereocenters. The van der Waals surface area contributed by atoms with Crippen LogP contribution in [0.25, 0.3) is 0 Å². The molecule has 0 heterocycles. The predicted molar refractivity (Wildman–Crippen MR) is 122 cm³/mol. The van der Waals surface area contributed by atoms with Gasteiger partial charge in [0.25, 0.3) is 15.9 Å². The Morgan fingerprint density at radius 1 is 0.774 bits per heavy atom. The molecule has 0 aliphatic rings. The first kappa shape index (κ1) is 22.2. The zero-order valence-corrected chi connectivity index (χ0v) is 18.6. The van der Waals surface area contributed by atoms with Crippen LogP contribution >= 0.6 is 0 Å². The van der Waals surface area contributed by atoms with Crippen LogP contribution in [0.2, 0.25) is 0 Å². The van der Waals surface area contributed by atoms with Crippen LogP contribution in [0.15, 0.2) is 65.6 Å². The van der Waals surface area contributed by atoms with E-state index in [1.165, 1.54) is 13.0 Å². The summed E-state index contributed by atoms with van der Waals surface area (Å²) in [7, 11) is -3.90. The minimum absolute atomic E-state index is 0.0248. The average molecular weight is 437 g/mol. The Labute approximate surface area is 182 Å². The third-order valence-corrected chi connectivity index (χ3v) is 6.26. The van der Waals surface area contributed by atoms with Gasteiger partial charge in [0.05, 0.1) is 4.90 Å². The second-order valence-corrected chi connectivity index (χ2v) is 9.20. The number of hydrogen-bond donors (Lipinski definition) is 2. The van der Waals surface area contributed by atoms with Gasteiger partial charge in [0, 0.05) is 22.5 Å². The van der Waals surface area contributed by atoms with E-state index in [4.69, 9.17) is 0 Å². The Morgan fingerprint density at radius 2 is 1.45 bits per heavy atom. The van der Waals surface area contributed by atoms with E-state index in [0.29, 0.717) is 22.5 Å². The van der Waals surface area contributed by atoms with Gasteiger partial charge in [0.1, 0.15) is 0 Å². The largest absolute Gasteiger partial charge is 0.322 e. The zero-order chi connectivity index (χ0) is 22.8. The fourth-order valence-electron chi connectivity index (χ4n) is 3.29. The van der Waals surface area contributed by atoms with Crippen LogP contribution in [0.4, 0.5) is 11.4 Å². The van der Waals surface area contributed by atoms with Gasteiger partial charge >= 0.3 is 0 Å². The van der Waals surface area contributed by atoms with E-state index >= 15 is 0 Å². The molecular weight excluding hydrogens is 412 g/mol. The molecule has 7 heteroatoms. The summed E-state index contributed by atoms with van der Waals surface area (Å²) in [6, 6.07) is 16.5. The van der Waals surface area contributed by atoms with Crippen molar-refractivity contribution < 1.29 is 18.0 Å². The van der Waals surface area contributed by atoms with E-state index in [-0.39, 0.29) is 16.2 Å². The van der Waals surface area contributed by atoms with Crippen molar-refractivity contribution in [2.24, 2.45) is 0 Å². The van der Waals surface area contributed by atoms with E-state index in [1.54, 1.807) is 55.5 Å². The fourth-order valence-corrected chi connectivity index (χ4v) is 4.61. The Morgan fingerprint density at radius 3 is 2.10 bits per heavy atom. The van der Waals surface area contributed by atoms with Crippen LogP contribution in [0.1, 0.15) is 44.3 Å². The number of rotatable bonds is 6. The number of anilines is 2. The van der Waals surface area contributed by atoms with Crippen molar-refractivity contribution in [2.45, 2.75) is 32.6 Å². The molecule has 31 heavy (non-hydrogen) atoms. The maximum Gasteiger partial charge on any atom is 0.262 e. The van der Waals surface area contributed by atoms with Gasteiger partial charge < -0.3 is 5.32 Å². The lowest BCUT2D eigenvalue weighted by atomic mass is 10.1. The van der Waals surface area contributed by atoms with E-state index in [1.807, 2.05) is 19.9 Å². The SMILES string of the molecule is CC(=O)c1cccc(NC(=O)c2ccc(C)c(S(=O)(=O)Nc3cc(C)cc(C)c3)c2)c1. The van der Waals surface area contributed by atoms with Gasteiger partial charge in [0.15, 0.2) is 5.78 Å². The highest BCUT2D eigenvalue weighted by Gasteiger charge is 2.20. The van der Waals surface area contributed by atoms with Crippen molar-refractivity contribution in [3.8, 4) is 0 Å². The molecular formula is C24H24N2O4S. The second kappa shape index (κ2) is 8.73. The Kier molecular flexibility index (Phi) is 6.27. The van der Waals surface area contributed by atoms with Gasteiger partial charge in [-0.1, -0.05) is 24.3 Å². The standard InChI is InChI=1S/C24H24N2O4S/c1-15-10-16(2)12-22(11-15)26-31(29,30)23-14-20(9-8-17(23)3)24(28)25-21-7-5-6-19(13-21)18(4)27/h5-14,26H,1-4H3,(H,25,28). The normalized spacial score (nSPS) is 11.1. The number of amides is 1. The van der Waals surface area contributed by atoms with E-state index in [2.05, 4.69) is 10.0 Å². The van der Waals surface area contributed by atoms with Gasteiger partial charge in [-0.2, -0.15) is 0 Å². The summed E-state index contributed by atoms with van der Waals surface area (Å²) < 4.78 is 28.6. The van der Waals surface area contributed by atoms with E-state index < -0.39 is 15.9 Å². The van der Waals surface area contributed by atoms with Crippen LogP contribution < -0.4 is 10.0 Å². The van der Waals surface area contributed by atoms with Crippen LogP contribution in [0, 0.1) is 20.8 Å². The Hall–Kier alpha value is -3.45. The smallest absolute Gasteiger partial charge is 0.262 e. The number of benzene rings is 3.